The van der Waals surface area contributed by atoms with Crippen molar-refractivity contribution in [2.75, 3.05) is 13.1 Å². The van der Waals surface area contributed by atoms with Crippen LogP contribution in [0.3, 0.4) is 0 Å². The zero-order valence-corrected chi connectivity index (χ0v) is 17.0. The Bertz CT molecular complexity index is 1240. The minimum Gasteiger partial charge on any atom is -0.242 e. The summed E-state index contributed by atoms with van der Waals surface area (Å²) in [5, 5.41) is 7.69. The zero-order chi connectivity index (χ0) is 23.3. The molecule has 3 aromatic rings. The Morgan fingerprint density at radius 1 is 0.906 bits per heavy atom. The van der Waals surface area contributed by atoms with E-state index in [0.29, 0.717) is 5.52 Å². The Balaban J connectivity index is 1.55. The predicted octanol–water partition coefficient (Wildman–Crippen LogP) is 4.49. The molecule has 1 fully saturated rings. The van der Waals surface area contributed by atoms with E-state index in [-0.39, 0.29) is 37.5 Å². The number of halogens is 6. The van der Waals surface area contributed by atoms with Gasteiger partial charge in [-0.05, 0) is 43.2 Å². The average Bonchev–Trinajstić information content (AvgIpc) is 3.16. The lowest BCUT2D eigenvalue weighted by atomic mass is 10.1. The van der Waals surface area contributed by atoms with Gasteiger partial charge in [-0.1, -0.05) is 17.3 Å². The highest BCUT2D eigenvalue weighted by atomic mass is 32.2. The van der Waals surface area contributed by atoms with Gasteiger partial charge in [0.2, 0.25) is 10.0 Å². The van der Waals surface area contributed by atoms with Crippen molar-refractivity contribution in [3.63, 3.8) is 0 Å². The highest BCUT2D eigenvalue weighted by molar-refractivity contribution is 7.89. The molecule has 2 heterocycles. The quantitative estimate of drug-likeness (QED) is 0.520. The molecule has 172 valence electrons. The molecule has 0 bridgehead atoms. The molecule has 1 aliphatic rings. The van der Waals surface area contributed by atoms with Gasteiger partial charge in [0.25, 0.3) is 0 Å². The van der Waals surface area contributed by atoms with Gasteiger partial charge in [0.05, 0.1) is 27.6 Å². The van der Waals surface area contributed by atoms with Crippen molar-refractivity contribution in [2.45, 2.75) is 36.1 Å². The molecule has 13 heteroatoms. The minimum atomic E-state index is -4.82. The van der Waals surface area contributed by atoms with Gasteiger partial charge < -0.3 is 0 Å². The van der Waals surface area contributed by atoms with Crippen molar-refractivity contribution < 1.29 is 34.8 Å². The minimum absolute atomic E-state index is 0.0500. The summed E-state index contributed by atoms with van der Waals surface area (Å²) in [4.78, 5) is -0.808. The molecule has 6 nitrogen and oxygen atoms in total. The number of hydrogen-bond donors (Lipinski definition) is 0. The fraction of sp³-hybridized carbons (Fsp3) is 0.368. The van der Waals surface area contributed by atoms with Crippen LogP contribution >= 0.6 is 0 Å². The van der Waals surface area contributed by atoms with E-state index in [1.54, 1.807) is 0 Å². The van der Waals surface area contributed by atoms with E-state index in [1.807, 2.05) is 0 Å². The fourth-order valence-corrected chi connectivity index (χ4v) is 5.46. The number of piperidine rings is 1. The van der Waals surface area contributed by atoms with Gasteiger partial charge in [0.15, 0.2) is 0 Å². The van der Waals surface area contributed by atoms with Crippen LogP contribution < -0.4 is 0 Å². The molecule has 2 aromatic carbocycles. The van der Waals surface area contributed by atoms with Crippen molar-refractivity contribution in [2.24, 2.45) is 0 Å². The van der Waals surface area contributed by atoms with Gasteiger partial charge in [-0.2, -0.15) is 30.6 Å². The van der Waals surface area contributed by atoms with Gasteiger partial charge in [-0.3, -0.25) is 0 Å². The van der Waals surface area contributed by atoms with Crippen LogP contribution in [0.4, 0.5) is 26.3 Å². The smallest absolute Gasteiger partial charge is 0.242 e. The Kier molecular flexibility index (Phi) is 5.44. The lowest BCUT2D eigenvalue weighted by molar-refractivity contribution is -0.140. The third-order valence-electron chi connectivity index (χ3n) is 5.38. The summed E-state index contributed by atoms with van der Waals surface area (Å²) in [5.41, 5.74) is -1.68. The SMILES string of the molecule is O=S(=O)(c1ccccc1C(F)(F)F)N1CCC(n2nnc3cc(C(F)(F)F)ccc32)CC1. The molecule has 0 amide bonds. The molecule has 32 heavy (non-hydrogen) atoms. The molecule has 0 saturated carbocycles. The number of rotatable bonds is 3. The second-order valence-corrected chi connectivity index (χ2v) is 9.27. The molecular weight excluding hydrogens is 462 g/mol. The number of hydrogen-bond acceptors (Lipinski definition) is 4. The number of fused-ring (bicyclic) bond motifs is 1. The van der Waals surface area contributed by atoms with Gasteiger partial charge in [0.1, 0.15) is 5.52 Å². The highest BCUT2D eigenvalue weighted by Crippen LogP contribution is 2.37. The molecule has 1 aromatic heterocycles. The van der Waals surface area contributed by atoms with Crippen LogP contribution in [0.15, 0.2) is 47.4 Å². The van der Waals surface area contributed by atoms with Crippen LogP contribution in [0.25, 0.3) is 11.0 Å². The summed E-state index contributed by atoms with van der Waals surface area (Å²) in [7, 11) is -4.39. The molecule has 0 N–H and O–H groups in total. The first-order valence-corrected chi connectivity index (χ1v) is 10.9. The number of nitrogens with zero attached hydrogens (tertiary/aromatic N) is 4. The third kappa shape index (κ3) is 4.06. The monoisotopic (exact) mass is 478 g/mol. The Morgan fingerprint density at radius 2 is 1.56 bits per heavy atom. The summed E-state index contributed by atoms with van der Waals surface area (Å²) in [6.07, 6.45) is -8.92. The van der Waals surface area contributed by atoms with Gasteiger partial charge in [-0.25, -0.2) is 13.1 Å². The van der Waals surface area contributed by atoms with Crippen molar-refractivity contribution >= 4 is 21.1 Å². The molecular formula is C19H16F6N4O2S. The van der Waals surface area contributed by atoms with Crippen molar-refractivity contribution in [1.82, 2.24) is 19.3 Å². The molecule has 0 aliphatic carbocycles. The molecule has 1 aliphatic heterocycles. The lowest BCUT2D eigenvalue weighted by Crippen LogP contribution is -2.39. The second-order valence-electron chi connectivity index (χ2n) is 7.36. The maximum Gasteiger partial charge on any atom is 0.417 e. The summed E-state index contributed by atoms with van der Waals surface area (Å²) >= 11 is 0. The first-order valence-electron chi connectivity index (χ1n) is 9.47. The van der Waals surface area contributed by atoms with Crippen LogP contribution in [0.2, 0.25) is 0 Å². The number of sulfonamides is 1. The van der Waals surface area contributed by atoms with E-state index >= 15 is 0 Å². The normalized spacial score (nSPS) is 17.2. The van der Waals surface area contributed by atoms with Gasteiger partial charge in [0, 0.05) is 13.1 Å². The van der Waals surface area contributed by atoms with Crippen molar-refractivity contribution in [1.29, 1.82) is 0 Å². The Morgan fingerprint density at radius 3 is 2.19 bits per heavy atom. The number of alkyl halides is 6. The van der Waals surface area contributed by atoms with Gasteiger partial charge in [-0.15, -0.1) is 5.10 Å². The van der Waals surface area contributed by atoms with Crippen molar-refractivity contribution in [3.8, 4) is 0 Å². The third-order valence-corrected chi connectivity index (χ3v) is 7.33. The van der Waals surface area contributed by atoms with E-state index in [1.165, 1.54) is 16.8 Å². The lowest BCUT2D eigenvalue weighted by Gasteiger charge is -2.31. The largest absolute Gasteiger partial charge is 0.417 e. The second kappa shape index (κ2) is 7.73. The average molecular weight is 478 g/mol. The summed E-state index contributed by atoms with van der Waals surface area (Å²) in [6.45, 7) is -0.137. The Labute approximate surface area is 178 Å². The van der Waals surface area contributed by atoms with Crippen LogP contribution in [-0.4, -0.2) is 40.8 Å². The van der Waals surface area contributed by atoms with Crippen LogP contribution in [0.1, 0.15) is 30.0 Å². The topological polar surface area (TPSA) is 68.1 Å². The van der Waals surface area contributed by atoms with E-state index in [9.17, 15) is 34.8 Å². The molecule has 4 rings (SSSR count). The standard InChI is InChI=1S/C19H16F6N4O2S/c20-18(21,22)12-5-6-16-15(11-12)26-27-29(16)13-7-9-28(10-8-13)32(30,31)17-4-2-1-3-14(17)19(23,24)25/h1-6,11,13H,7-10H2. The van der Waals surface area contributed by atoms with Crippen molar-refractivity contribution in [3.05, 3.63) is 53.6 Å². The molecule has 0 unspecified atom stereocenters. The first kappa shape index (κ1) is 22.5. The summed E-state index contributed by atoms with van der Waals surface area (Å²) < 4.78 is 107. The van der Waals surface area contributed by atoms with E-state index in [2.05, 4.69) is 10.3 Å². The highest BCUT2D eigenvalue weighted by Gasteiger charge is 2.40. The predicted molar refractivity (Wildman–Crippen MR) is 101 cm³/mol. The zero-order valence-electron chi connectivity index (χ0n) is 16.2. The maximum absolute atomic E-state index is 13.3. The molecule has 0 radical (unpaired) electrons. The Hall–Kier alpha value is -2.67. The van der Waals surface area contributed by atoms with E-state index in [4.69, 9.17) is 0 Å². The number of benzene rings is 2. The first-order chi connectivity index (χ1) is 14.9. The van der Waals surface area contributed by atoms with E-state index < -0.39 is 38.4 Å². The van der Waals surface area contributed by atoms with Crippen LogP contribution in [-0.2, 0) is 22.4 Å². The molecule has 1 saturated heterocycles. The fourth-order valence-electron chi connectivity index (χ4n) is 3.78. The van der Waals surface area contributed by atoms with Crippen LogP contribution in [0, 0.1) is 0 Å². The molecule has 0 atom stereocenters. The van der Waals surface area contributed by atoms with Gasteiger partial charge >= 0.3 is 12.4 Å². The molecule has 0 spiro atoms. The van der Waals surface area contributed by atoms with Crippen LogP contribution in [0.5, 0.6) is 0 Å². The summed E-state index contributed by atoms with van der Waals surface area (Å²) in [5.74, 6) is 0. The maximum atomic E-state index is 13.3. The van der Waals surface area contributed by atoms with E-state index in [0.717, 1.165) is 34.6 Å². The summed E-state index contributed by atoms with van der Waals surface area (Å²) in [6, 6.07) is 6.67. The number of aromatic nitrogens is 3.